The predicted octanol–water partition coefficient (Wildman–Crippen LogP) is 1.09. The van der Waals surface area contributed by atoms with Gasteiger partial charge in [-0.3, -0.25) is 0 Å². The van der Waals surface area contributed by atoms with E-state index in [1.165, 1.54) is 11.8 Å². The minimum atomic E-state index is -1.48. The summed E-state index contributed by atoms with van der Waals surface area (Å²) < 4.78 is 5.71. The maximum atomic E-state index is 10.5. The van der Waals surface area contributed by atoms with Gasteiger partial charge in [-0.15, -0.1) is 11.8 Å². The minimum absolute atomic E-state index is 0.147. The van der Waals surface area contributed by atoms with E-state index in [0.29, 0.717) is 28.0 Å². The van der Waals surface area contributed by atoms with Crippen LogP contribution in [-0.4, -0.2) is 62.8 Å². The molecule has 0 unspecified atom stereocenters. The lowest BCUT2D eigenvalue weighted by molar-refractivity contribution is -0.232. The number of ether oxygens (including phenoxy) is 1. The molecule has 5 N–H and O–H groups in total. The molecule has 2 aromatic carbocycles. The zero-order chi connectivity index (χ0) is 21.1. The fourth-order valence-corrected chi connectivity index (χ4v) is 4.13. The largest absolute Gasteiger partial charge is 0.508 e. The van der Waals surface area contributed by atoms with Crippen LogP contribution in [0, 0.1) is 11.3 Å². The Bertz CT molecular complexity index is 895. The molecule has 0 aliphatic carbocycles. The van der Waals surface area contributed by atoms with E-state index in [1.54, 1.807) is 36.4 Å². The second-order valence-electron chi connectivity index (χ2n) is 6.96. The second-order valence-corrected chi connectivity index (χ2v) is 7.80. The van der Waals surface area contributed by atoms with E-state index >= 15 is 0 Å². The zero-order valence-corrected chi connectivity index (χ0v) is 16.6. The second kappa shape index (κ2) is 9.13. The molecule has 29 heavy (non-hydrogen) atoms. The fraction of sp³-hybridized carbons (Fsp3) is 0.381. The molecule has 7 nitrogen and oxygen atoms in total. The van der Waals surface area contributed by atoms with Crippen molar-refractivity contribution in [1.29, 1.82) is 5.26 Å². The quantitative estimate of drug-likeness (QED) is 0.457. The highest BCUT2D eigenvalue weighted by molar-refractivity contribution is 7.98. The number of aliphatic hydroxyl groups excluding tert-OH is 4. The van der Waals surface area contributed by atoms with Gasteiger partial charge in [0, 0.05) is 4.90 Å². The van der Waals surface area contributed by atoms with Gasteiger partial charge >= 0.3 is 0 Å². The first-order valence-corrected chi connectivity index (χ1v) is 10.3. The number of rotatable bonds is 5. The molecule has 1 aliphatic heterocycles. The van der Waals surface area contributed by atoms with Crippen molar-refractivity contribution in [3.63, 3.8) is 0 Å². The van der Waals surface area contributed by atoms with Crippen molar-refractivity contribution in [2.24, 2.45) is 0 Å². The van der Waals surface area contributed by atoms with Gasteiger partial charge in [-0.25, -0.2) is 0 Å². The van der Waals surface area contributed by atoms with Crippen molar-refractivity contribution < 1.29 is 30.3 Å². The zero-order valence-electron chi connectivity index (χ0n) is 15.8. The van der Waals surface area contributed by atoms with Crippen LogP contribution >= 0.6 is 11.8 Å². The molecule has 0 bridgehead atoms. The topological polar surface area (TPSA) is 134 Å². The van der Waals surface area contributed by atoms with Crippen LogP contribution in [0.4, 0.5) is 0 Å². The Morgan fingerprint density at radius 2 is 1.76 bits per heavy atom. The average molecular weight is 417 g/mol. The summed E-state index contributed by atoms with van der Waals surface area (Å²) in [7, 11) is 0. The third kappa shape index (κ3) is 4.41. The molecule has 5 atom stereocenters. The highest BCUT2D eigenvalue weighted by Crippen LogP contribution is 2.38. The number of phenols is 1. The van der Waals surface area contributed by atoms with Crippen molar-refractivity contribution in [2.75, 3.05) is 12.9 Å². The van der Waals surface area contributed by atoms with E-state index in [0.717, 1.165) is 5.56 Å². The van der Waals surface area contributed by atoms with Gasteiger partial charge in [-0.1, -0.05) is 18.2 Å². The Hall–Kier alpha value is -2.12. The average Bonchev–Trinajstić information content (AvgIpc) is 2.73. The lowest BCUT2D eigenvalue weighted by Crippen LogP contribution is -2.55. The summed E-state index contributed by atoms with van der Waals surface area (Å²) in [6.07, 6.45) is -4.04. The number of aliphatic hydroxyl groups is 4. The van der Waals surface area contributed by atoms with E-state index in [-0.39, 0.29) is 5.75 Å². The first kappa shape index (κ1) is 21.6. The number of hydrogen-bond acceptors (Lipinski definition) is 8. The molecular formula is C21H23NO6S. The van der Waals surface area contributed by atoms with Crippen LogP contribution in [0.1, 0.15) is 28.4 Å². The molecule has 0 spiro atoms. The highest BCUT2D eigenvalue weighted by atomic mass is 32.2. The number of nitriles is 1. The molecule has 1 fully saturated rings. The monoisotopic (exact) mass is 417 g/mol. The van der Waals surface area contributed by atoms with Gasteiger partial charge in [-0.2, -0.15) is 5.26 Å². The summed E-state index contributed by atoms with van der Waals surface area (Å²) in [5.41, 5.74) is 2.62. The van der Waals surface area contributed by atoms with Crippen molar-refractivity contribution in [3.8, 4) is 11.8 Å². The van der Waals surface area contributed by atoms with Crippen molar-refractivity contribution in [3.05, 3.63) is 58.7 Å². The number of thioether (sulfide) groups is 1. The normalized spacial score (nSPS) is 26.8. The third-order valence-electron chi connectivity index (χ3n) is 5.11. The van der Waals surface area contributed by atoms with E-state index in [9.17, 15) is 30.8 Å². The molecule has 8 heteroatoms. The maximum absolute atomic E-state index is 10.5. The summed E-state index contributed by atoms with van der Waals surface area (Å²) in [6, 6.07) is 12.3. The number of nitrogens with zero attached hydrogens (tertiary/aromatic N) is 1. The molecule has 3 rings (SSSR count). The van der Waals surface area contributed by atoms with Crippen LogP contribution in [0.25, 0.3) is 0 Å². The van der Waals surface area contributed by atoms with Gasteiger partial charge in [0.05, 0.1) is 18.2 Å². The van der Waals surface area contributed by atoms with Crippen LogP contribution in [-0.2, 0) is 11.2 Å². The summed E-state index contributed by atoms with van der Waals surface area (Å²) in [6.45, 7) is -0.507. The predicted molar refractivity (Wildman–Crippen MR) is 107 cm³/mol. The summed E-state index contributed by atoms with van der Waals surface area (Å²) >= 11 is 1.37. The van der Waals surface area contributed by atoms with Gasteiger partial charge < -0.3 is 30.3 Å². The molecule has 0 radical (unpaired) electrons. The molecule has 0 amide bonds. The van der Waals surface area contributed by atoms with Gasteiger partial charge in [0.25, 0.3) is 0 Å². The molecular weight excluding hydrogens is 394 g/mol. The Balaban J connectivity index is 2.03. The fourth-order valence-electron chi connectivity index (χ4n) is 3.49. The van der Waals surface area contributed by atoms with Gasteiger partial charge in [0.1, 0.15) is 36.3 Å². The van der Waals surface area contributed by atoms with Gasteiger partial charge in [0.2, 0.25) is 0 Å². The Morgan fingerprint density at radius 1 is 1.07 bits per heavy atom. The van der Waals surface area contributed by atoms with Crippen LogP contribution in [0.2, 0.25) is 0 Å². The molecule has 1 saturated heterocycles. The number of phenolic OH excluding ortho intramolecular Hbond substituents is 1. The van der Waals surface area contributed by atoms with Crippen LogP contribution < -0.4 is 0 Å². The Kier molecular flexibility index (Phi) is 6.80. The standard InChI is InChI=1S/C21H23NO6S/c1-29-17-8-13(9-22)12(6-11-2-4-14(24)5-3-11)7-15(17)21-20(27)19(26)18(25)16(10-23)28-21/h2-5,7-8,16,18-21,23-27H,6,10H2,1H3/t16-,18-,19+,20-,21+/m1/s1. The smallest absolute Gasteiger partial charge is 0.115 e. The number of benzene rings is 2. The summed E-state index contributed by atoms with van der Waals surface area (Å²) in [5.74, 6) is 0.147. The van der Waals surface area contributed by atoms with Crippen LogP contribution in [0.15, 0.2) is 41.3 Å². The van der Waals surface area contributed by atoms with E-state index in [1.807, 2.05) is 6.26 Å². The Labute approximate surface area is 172 Å². The van der Waals surface area contributed by atoms with Crippen molar-refractivity contribution >= 4 is 11.8 Å². The van der Waals surface area contributed by atoms with Crippen LogP contribution in [0.3, 0.4) is 0 Å². The summed E-state index contributed by atoms with van der Waals surface area (Å²) in [5, 5.41) is 59.2. The van der Waals surface area contributed by atoms with Crippen LogP contribution in [0.5, 0.6) is 5.75 Å². The summed E-state index contributed by atoms with van der Waals surface area (Å²) in [4.78, 5) is 0.695. The molecule has 154 valence electrons. The first-order valence-electron chi connectivity index (χ1n) is 9.09. The SMILES string of the molecule is CSc1cc(C#N)c(Cc2ccc(O)cc2)cc1[C@@H]1O[C@H](CO)[C@@H](O)[C@H](O)[C@H]1O. The molecule has 1 heterocycles. The van der Waals surface area contributed by atoms with Crippen molar-refractivity contribution in [2.45, 2.75) is 41.8 Å². The number of hydrogen-bond donors (Lipinski definition) is 5. The van der Waals surface area contributed by atoms with Crippen molar-refractivity contribution in [1.82, 2.24) is 0 Å². The molecule has 0 aromatic heterocycles. The van der Waals surface area contributed by atoms with Gasteiger partial charge in [-0.05, 0) is 47.6 Å². The molecule has 2 aromatic rings. The Morgan fingerprint density at radius 3 is 2.34 bits per heavy atom. The lowest BCUT2D eigenvalue weighted by Gasteiger charge is -2.40. The molecule has 0 saturated carbocycles. The molecule has 1 aliphatic rings. The third-order valence-corrected chi connectivity index (χ3v) is 5.90. The highest BCUT2D eigenvalue weighted by Gasteiger charge is 2.44. The van der Waals surface area contributed by atoms with E-state index in [2.05, 4.69) is 6.07 Å². The minimum Gasteiger partial charge on any atom is -0.508 e. The maximum Gasteiger partial charge on any atom is 0.115 e. The van der Waals surface area contributed by atoms with E-state index in [4.69, 9.17) is 4.74 Å². The lowest BCUT2D eigenvalue weighted by atomic mass is 9.89. The van der Waals surface area contributed by atoms with Gasteiger partial charge in [0.15, 0.2) is 0 Å². The number of aromatic hydroxyl groups is 1. The van der Waals surface area contributed by atoms with E-state index < -0.39 is 37.1 Å². The first-order chi connectivity index (χ1) is 13.9.